The number of rotatable bonds is 9. The number of furan rings is 1. The van der Waals surface area contributed by atoms with E-state index in [9.17, 15) is 19.7 Å². The molecule has 7 nitrogen and oxygen atoms in total. The molecule has 0 spiro atoms. The van der Waals surface area contributed by atoms with E-state index in [0.717, 1.165) is 36.8 Å². The first-order valence-electron chi connectivity index (χ1n) is 12.6. The van der Waals surface area contributed by atoms with Gasteiger partial charge in [0.2, 0.25) is 11.8 Å². The summed E-state index contributed by atoms with van der Waals surface area (Å²) in [5.74, 6) is 0.279. The number of hydrogen-bond acceptors (Lipinski definition) is 6. The molecule has 3 heterocycles. The molecule has 2 fully saturated rings. The van der Waals surface area contributed by atoms with Crippen molar-refractivity contribution in [2.45, 2.75) is 78.3 Å². The molecule has 34 heavy (non-hydrogen) atoms. The summed E-state index contributed by atoms with van der Waals surface area (Å²) in [4.78, 5) is 27.8. The highest BCUT2D eigenvalue weighted by atomic mass is 16.5. The Morgan fingerprint density at radius 1 is 1.21 bits per heavy atom. The molecule has 4 atom stereocenters. The van der Waals surface area contributed by atoms with Crippen molar-refractivity contribution in [3.8, 4) is 0 Å². The van der Waals surface area contributed by atoms with Crippen LogP contribution in [0.25, 0.3) is 6.08 Å². The van der Waals surface area contributed by atoms with E-state index in [4.69, 9.17) is 9.07 Å². The molecule has 8 heteroatoms. The van der Waals surface area contributed by atoms with Gasteiger partial charge in [0.25, 0.3) is 0 Å². The second-order valence-electron chi connectivity index (χ2n) is 9.89. The highest BCUT2D eigenvalue weighted by Crippen LogP contribution is 2.51. The van der Waals surface area contributed by atoms with Gasteiger partial charge in [0.1, 0.15) is 18.1 Å². The zero-order valence-electron chi connectivity index (χ0n) is 20.5. The quantitative estimate of drug-likeness (QED) is 0.323. The van der Waals surface area contributed by atoms with Crippen LogP contribution >= 0.6 is 0 Å². The van der Waals surface area contributed by atoms with Crippen LogP contribution in [-0.2, 0) is 20.9 Å². The first-order chi connectivity index (χ1) is 16.4. The van der Waals surface area contributed by atoms with Crippen LogP contribution in [0.5, 0.6) is 0 Å². The molecule has 2 saturated heterocycles. The lowest BCUT2D eigenvalue weighted by atomic mass is 9.58. The van der Waals surface area contributed by atoms with Gasteiger partial charge in [-0.15, -0.1) is 0 Å². The van der Waals surface area contributed by atoms with Crippen LogP contribution in [-0.4, -0.2) is 46.6 Å². The van der Waals surface area contributed by atoms with Gasteiger partial charge in [0, 0.05) is 6.54 Å². The number of imide groups is 1. The number of amides is 2. The summed E-state index contributed by atoms with van der Waals surface area (Å²) in [5.41, 5.74) is 3.50. The van der Waals surface area contributed by atoms with E-state index in [1.54, 1.807) is 6.07 Å². The first-order valence-corrected chi connectivity index (χ1v) is 12.6. The SMILES string of the molecule is CCCC1=C2[C@@H](CC/C(C)=C/c3ccc(CO)o3)OB(O)C[C@@H]2[C@@H]2C(=O)N(CCC)C(=O)[C@@H]2C1. The van der Waals surface area contributed by atoms with E-state index in [1.807, 2.05) is 26.0 Å². The van der Waals surface area contributed by atoms with Crippen molar-refractivity contribution in [1.29, 1.82) is 0 Å². The molecule has 184 valence electrons. The molecular formula is C26H36BNO6. The van der Waals surface area contributed by atoms with Crippen LogP contribution in [0.4, 0.5) is 0 Å². The van der Waals surface area contributed by atoms with Gasteiger partial charge in [0.05, 0.1) is 17.9 Å². The second kappa shape index (κ2) is 10.6. The Morgan fingerprint density at radius 2 is 2.00 bits per heavy atom. The average Bonchev–Trinajstić information content (AvgIpc) is 3.35. The molecule has 0 aromatic carbocycles. The Labute approximate surface area is 202 Å². The molecule has 0 radical (unpaired) electrons. The summed E-state index contributed by atoms with van der Waals surface area (Å²) >= 11 is 0. The maximum absolute atomic E-state index is 13.3. The lowest BCUT2D eigenvalue weighted by Gasteiger charge is -2.43. The van der Waals surface area contributed by atoms with Gasteiger partial charge in [-0.3, -0.25) is 14.5 Å². The smallest absolute Gasteiger partial charge is 0.455 e. The number of likely N-dealkylation sites (tertiary alicyclic amines) is 1. The predicted octanol–water partition coefficient (Wildman–Crippen LogP) is 3.96. The predicted molar refractivity (Wildman–Crippen MR) is 129 cm³/mol. The number of carbonyl (C=O) groups is 2. The molecule has 1 aromatic rings. The Morgan fingerprint density at radius 3 is 2.68 bits per heavy atom. The molecular weight excluding hydrogens is 433 g/mol. The van der Waals surface area contributed by atoms with Crippen molar-refractivity contribution >= 4 is 25.0 Å². The number of aliphatic hydroxyl groups is 1. The van der Waals surface area contributed by atoms with Gasteiger partial charge in [0.15, 0.2) is 0 Å². The van der Waals surface area contributed by atoms with E-state index in [-0.39, 0.29) is 42.3 Å². The lowest BCUT2D eigenvalue weighted by Crippen LogP contribution is -2.46. The minimum Gasteiger partial charge on any atom is -0.459 e. The van der Waals surface area contributed by atoms with Crippen LogP contribution in [0.3, 0.4) is 0 Å². The van der Waals surface area contributed by atoms with Gasteiger partial charge in [-0.05, 0) is 75.0 Å². The molecule has 3 aliphatic rings. The van der Waals surface area contributed by atoms with E-state index >= 15 is 0 Å². The van der Waals surface area contributed by atoms with E-state index in [2.05, 4.69) is 6.92 Å². The molecule has 2 N–H and O–H groups in total. The summed E-state index contributed by atoms with van der Waals surface area (Å²) < 4.78 is 11.6. The van der Waals surface area contributed by atoms with Crippen molar-refractivity contribution in [2.24, 2.45) is 17.8 Å². The van der Waals surface area contributed by atoms with Crippen LogP contribution in [0.2, 0.25) is 6.32 Å². The summed E-state index contributed by atoms with van der Waals surface area (Å²) in [6.45, 7) is 6.47. The number of hydrogen-bond donors (Lipinski definition) is 2. The summed E-state index contributed by atoms with van der Waals surface area (Å²) in [6, 6.07) is 3.59. The maximum atomic E-state index is 13.3. The van der Waals surface area contributed by atoms with Crippen molar-refractivity contribution in [3.05, 3.63) is 40.4 Å². The van der Waals surface area contributed by atoms with Gasteiger partial charge >= 0.3 is 7.12 Å². The van der Waals surface area contributed by atoms with Crippen molar-refractivity contribution in [3.63, 3.8) is 0 Å². The van der Waals surface area contributed by atoms with Gasteiger partial charge in [-0.1, -0.05) is 31.4 Å². The van der Waals surface area contributed by atoms with Crippen LogP contribution in [0, 0.1) is 17.8 Å². The van der Waals surface area contributed by atoms with Crippen LogP contribution in [0.1, 0.15) is 70.8 Å². The Kier molecular flexibility index (Phi) is 7.80. The second-order valence-corrected chi connectivity index (χ2v) is 9.89. The molecule has 4 rings (SSSR count). The number of fused-ring (bicyclic) bond motifs is 3. The van der Waals surface area contributed by atoms with E-state index < -0.39 is 7.12 Å². The average molecular weight is 469 g/mol. The largest absolute Gasteiger partial charge is 0.459 e. The molecule has 1 aromatic heterocycles. The minimum atomic E-state index is -0.940. The molecule has 0 saturated carbocycles. The Balaban J connectivity index is 1.58. The first kappa shape index (κ1) is 25.0. The van der Waals surface area contributed by atoms with Gasteiger partial charge in [-0.25, -0.2) is 0 Å². The molecule has 1 aliphatic carbocycles. The summed E-state index contributed by atoms with van der Waals surface area (Å²) in [7, 11) is -0.940. The number of carbonyl (C=O) groups excluding carboxylic acids is 2. The summed E-state index contributed by atoms with van der Waals surface area (Å²) in [6.07, 6.45) is 6.69. The highest BCUT2D eigenvalue weighted by molar-refractivity contribution is 6.43. The lowest BCUT2D eigenvalue weighted by molar-refractivity contribution is -0.140. The van der Waals surface area contributed by atoms with E-state index in [1.165, 1.54) is 10.5 Å². The Bertz CT molecular complexity index is 982. The number of nitrogens with zero attached hydrogens (tertiary/aromatic N) is 1. The fraction of sp³-hybridized carbons (Fsp3) is 0.615. The summed E-state index contributed by atoms with van der Waals surface area (Å²) in [5, 5.41) is 19.8. The normalized spacial score (nSPS) is 27.5. The Hall–Kier alpha value is -2.16. The fourth-order valence-electron chi connectivity index (χ4n) is 6.04. The zero-order chi connectivity index (χ0) is 24.4. The monoisotopic (exact) mass is 469 g/mol. The van der Waals surface area contributed by atoms with Crippen molar-refractivity contribution < 1.29 is 28.8 Å². The van der Waals surface area contributed by atoms with Crippen LogP contribution < -0.4 is 0 Å². The third kappa shape index (κ3) is 4.81. The van der Waals surface area contributed by atoms with Crippen molar-refractivity contribution in [1.82, 2.24) is 4.90 Å². The number of allylic oxidation sites excluding steroid dienone is 2. The maximum Gasteiger partial charge on any atom is 0.455 e. The molecule has 2 aliphatic heterocycles. The van der Waals surface area contributed by atoms with Gasteiger partial charge < -0.3 is 19.2 Å². The van der Waals surface area contributed by atoms with E-state index in [0.29, 0.717) is 37.2 Å². The third-order valence-electron chi connectivity index (χ3n) is 7.43. The van der Waals surface area contributed by atoms with Gasteiger partial charge in [-0.2, -0.15) is 0 Å². The van der Waals surface area contributed by atoms with Crippen molar-refractivity contribution in [2.75, 3.05) is 6.54 Å². The fourth-order valence-corrected chi connectivity index (χ4v) is 6.04. The topological polar surface area (TPSA) is 100 Å². The zero-order valence-corrected chi connectivity index (χ0v) is 20.5. The third-order valence-corrected chi connectivity index (χ3v) is 7.43. The molecule has 2 amide bonds. The standard InChI is InChI=1S/C26H36BNO6/c1-4-6-17-13-20-24(26(31)28(11-5-2)25(20)30)21-14-27(32)34-22(23(17)21)10-7-16(3)12-18-8-9-19(15-29)33-18/h8-9,12,20-22,24,29,32H,4-7,10-11,13-15H2,1-3H3/b16-12+/t20-,21+,22-,24-/m1/s1. The highest BCUT2D eigenvalue weighted by Gasteiger charge is 2.56. The molecule has 0 unspecified atom stereocenters. The minimum absolute atomic E-state index is 0.0403. The molecule has 0 bridgehead atoms. The number of aliphatic hydroxyl groups excluding tert-OH is 1. The van der Waals surface area contributed by atoms with Crippen LogP contribution in [0.15, 0.2) is 33.3 Å².